The van der Waals surface area contributed by atoms with Gasteiger partial charge in [0, 0.05) is 25.7 Å². The van der Waals surface area contributed by atoms with Crippen LogP contribution in [0, 0.1) is 5.82 Å². The van der Waals surface area contributed by atoms with E-state index in [4.69, 9.17) is 16.3 Å². The summed E-state index contributed by atoms with van der Waals surface area (Å²) in [6, 6.07) is 10.5. The minimum absolute atomic E-state index is 0.0952. The summed E-state index contributed by atoms with van der Waals surface area (Å²) in [6.45, 7) is 11.5. The van der Waals surface area contributed by atoms with E-state index in [1.807, 2.05) is 20.8 Å². The van der Waals surface area contributed by atoms with Crippen molar-refractivity contribution < 1.29 is 39.7 Å². The van der Waals surface area contributed by atoms with Crippen LogP contribution in [0.3, 0.4) is 0 Å². The Morgan fingerprint density at radius 1 is 1.04 bits per heavy atom. The van der Waals surface area contributed by atoms with Gasteiger partial charge in [0.25, 0.3) is 0 Å². The maximum Gasteiger partial charge on any atom is 0.534 e. The van der Waals surface area contributed by atoms with E-state index in [0.717, 1.165) is 18.2 Å². The van der Waals surface area contributed by atoms with E-state index in [9.17, 15) is 31.2 Å². The molecule has 0 saturated carbocycles. The van der Waals surface area contributed by atoms with Gasteiger partial charge in [-0.05, 0) is 63.4 Å². The lowest BCUT2D eigenvalue weighted by Crippen LogP contribution is -2.55. The molecule has 2 aromatic carbocycles. The number of rotatable bonds is 6. The molecule has 1 aliphatic rings. The van der Waals surface area contributed by atoms with Crippen LogP contribution in [0.5, 0.6) is 5.75 Å². The molecule has 1 saturated heterocycles. The van der Waals surface area contributed by atoms with Crippen LogP contribution in [0.15, 0.2) is 53.3 Å². The van der Waals surface area contributed by atoms with Crippen LogP contribution in [0.1, 0.15) is 53.0 Å². The number of para-hydroxylation sites is 1. The zero-order valence-electron chi connectivity index (χ0n) is 27.9. The highest BCUT2D eigenvalue weighted by Crippen LogP contribution is 2.41. The van der Waals surface area contributed by atoms with Gasteiger partial charge in [0.05, 0.1) is 27.4 Å². The Balaban J connectivity index is 1.75. The molecular weight excluding hydrogens is 706 g/mol. The number of carbonyl (C=O) groups excluding carboxylic acids is 1. The van der Waals surface area contributed by atoms with Crippen LogP contribution in [-0.2, 0) is 14.9 Å². The van der Waals surface area contributed by atoms with Crippen molar-refractivity contribution in [1.29, 1.82) is 0 Å². The fourth-order valence-electron chi connectivity index (χ4n) is 5.63. The minimum Gasteiger partial charge on any atom is -0.444 e. The Morgan fingerprint density at radius 3 is 2.34 bits per heavy atom. The molecule has 0 unspecified atom stereocenters. The van der Waals surface area contributed by atoms with Crippen molar-refractivity contribution >= 4 is 44.7 Å². The van der Waals surface area contributed by atoms with Crippen molar-refractivity contribution in [3.63, 3.8) is 0 Å². The van der Waals surface area contributed by atoms with Crippen molar-refractivity contribution in [3.05, 3.63) is 75.4 Å². The number of ether oxygens (including phenoxy) is 1. The molecule has 0 N–H and O–H groups in total. The molecule has 0 radical (unpaired) electrons. The lowest BCUT2D eigenvalue weighted by molar-refractivity contribution is -0.0500. The number of hydrogen-bond acceptors (Lipinski definition) is 9. The number of halogens is 5. The smallest absolute Gasteiger partial charge is 0.444 e. The molecule has 5 rings (SSSR count). The van der Waals surface area contributed by atoms with Crippen molar-refractivity contribution in [2.24, 2.45) is 0 Å². The highest BCUT2D eigenvalue weighted by molar-refractivity contribution is 7.88. The minimum atomic E-state index is -6.22. The highest BCUT2D eigenvalue weighted by atomic mass is 35.5. The lowest BCUT2D eigenvalue weighted by Gasteiger charge is -2.41. The molecule has 4 aromatic rings. The summed E-state index contributed by atoms with van der Waals surface area (Å²) in [6.07, 6.45) is -0.507. The average Bonchev–Trinajstić information content (AvgIpc) is 2.99. The first kappa shape index (κ1) is 36.8. The third kappa shape index (κ3) is 7.22. The third-order valence-electron chi connectivity index (χ3n) is 7.85. The summed E-state index contributed by atoms with van der Waals surface area (Å²) in [5, 5.41) is -0.0847. The van der Waals surface area contributed by atoms with E-state index in [-0.39, 0.29) is 47.4 Å². The number of aromatic nitrogens is 3. The van der Waals surface area contributed by atoms with Gasteiger partial charge in [0.1, 0.15) is 17.2 Å². The van der Waals surface area contributed by atoms with Gasteiger partial charge in [0.15, 0.2) is 11.4 Å². The third-order valence-corrected chi connectivity index (χ3v) is 9.10. The molecule has 50 heavy (non-hydrogen) atoms. The van der Waals surface area contributed by atoms with Crippen molar-refractivity contribution in [3.8, 4) is 22.7 Å². The number of anilines is 1. The van der Waals surface area contributed by atoms with Crippen LogP contribution in [0.2, 0.25) is 5.02 Å². The molecule has 0 spiro atoms. The lowest BCUT2D eigenvalue weighted by atomic mass is 10.0. The van der Waals surface area contributed by atoms with Gasteiger partial charge in [0.2, 0.25) is 0 Å². The van der Waals surface area contributed by atoms with Gasteiger partial charge in [-0.3, -0.25) is 0 Å². The molecule has 0 bridgehead atoms. The second-order valence-corrected chi connectivity index (χ2v) is 15.0. The van der Waals surface area contributed by atoms with Gasteiger partial charge in [-0.15, -0.1) is 0 Å². The summed E-state index contributed by atoms with van der Waals surface area (Å²) in [5.74, 6) is -2.16. The first-order valence-corrected chi connectivity index (χ1v) is 17.3. The number of fused-ring (bicyclic) bond motifs is 1. The number of piperazine rings is 1. The Hall–Kier alpha value is -4.44. The molecule has 1 atom stereocenters. The molecule has 11 nitrogen and oxygen atoms in total. The Kier molecular flexibility index (Phi) is 9.84. The number of alkyl halides is 3. The summed E-state index contributed by atoms with van der Waals surface area (Å²) in [4.78, 5) is 39.2. The molecule has 1 amide bonds. The quantitative estimate of drug-likeness (QED) is 0.116. The van der Waals surface area contributed by atoms with E-state index in [2.05, 4.69) is 14.2 Å². The fraction of sp³-hybridized carbons (Fsp3) is 0.394. The zero-order valence-corrected chi connectivity index (χ0v) is 29.5. The number of carbonyl (C=O) groups is 1. The summed E-state index contributed by atoms with van der Waals surface area (Å²) < 4.78 is 90.4. The number of nitrogens with zero attached hydrogens (tertiary/aromatic N) is 5. The Bertz CT molecular complexity index is 2140. The zero-order chi connectivity index (χ0) is 36.9. The molecule has 268 valence electrons. The van der Waals surface area contributed by atoms with Gasteiger partial charge in [-0.2, -0.15) is 26.6 Å². The molecule has 17 heteroatoms. The fourth-order valence-corrected chi connectivity index (χ4v) is 6.35. The molecule has 2 aromatic heterocycles. The predicted molar refractivity (Wildman–Crippen MR) is 180 cm³/mol. The number of amides is 1. The first-order valence-electron chi connectivity index (χ1n) is 15.5. The largest absolute Gasteiger partial charge is 0.534 e. The normalized spacial score (nSPS) is 15.9. The van der Waals surface area contributed by atoms with E-state index < -0.39 is 61.9 Å². The van der Waals surface area contributed by atoms with Crippen molar-refractivity contribution in [2.75, 3.05) is 24.5 Å². The molecule has 3 heterocycles. The second-order valence-electron chi connectivity index (χ2n) is 13.0. The maximum absolute atomic E-state index is 15.5. The highest BCUT2D eigenvalue weighted by Gasteiger charge is 2.49. The monoisotopic (exact) mass is 739 g/mol. The van der Waals surface area contributed by atoms with E-state index >= 15 is 4.39 Å². The SMILES string of the molecule is CC(C)c1ccccc1-n1c(=O)nc(N2CCN(C(=O)OC(C)(C)C)C[C@@H]2C)c2cc(Cl)c(-c3c(F)cccc3OS(=O)(=O)C(F)(F)F)nc21. The topological polar surface area (TPSA) is 124 Å². The average molecular weight is 740 g/mol. The van der Waals surface area contributed by atoms with E-state index in [1.54, 1.807) is 49.9 Å². The van der Waals surface area contributed by atoms with Crippen LogP contribution in [0.25, 0.3) is 28.0 Å². The van der Waals surface area contributed by atoms with Gasteiger partial charge >= 0.3 is 27.4 Å². The number of benzene rings is 2. The summed E-state index contributed by atoms with van der Waals surface area (Å²) >= 11 is 6.68. The van der Waals surface area contributed by atoms with Crippen molar-refractivity contribution in [1.82, 2.24) is 19.4 Å². The maximum atomic E-state index is 15.5. The van der Waals surface area contributed by atoms with Crippen LogP contribution >= 0.6 is 11.6 Å². The standard InChI is InChI=1S/C33H34ClF4N5O6S/c1-18(2)20-10-7-8-12-24(20)43-29-21(28(40-30(43)44)42-15-14-41(17-19(42)3)31(45)48-32(4,5)6)16-22(34)27(39-29)26-23(35)11-9-13-25(26)49-50(46,47)33(36,37)38/h7-13,16,18-19H,14-15,17H2,1-6H3/t19-/m0/s1. The van der Waals surface area contributed by atoms with Gasteiger partial charge < -0.3 is 18.7 Å². The van der Waals surface area contributed by atoms with Gasteiger partial charge in [-0.25, -0.2) is 23.5 Å². The summed E-state index contributed by atoms with van der Waals surface area (Å²) in [7, 11) is -6.22. The van der Waals surface area contributed by atoms with Crippen LogP contribution in [0.4, 0.5) is 28.2 Å². The predicted octanol–water partition coefficient (Wildman–Crippen LogP) is 7.04. The Morgan fingerprint density at radius 2 is 1.72 bits per heavy atom. The first-order chi connectivity index (χ1) is 23.2. The van der Waals surface area contributed by atoms with E-state index in [1.165, 1.54) is 15.5 Å². The van der Waals surface area contributed by atoms with Crippen LogP contribution < -0.4 is 14.8 Å². The molecule has 1 aliphatic heterocycles. The van der Waals surface area contributed by atoms with E-state index in [0.29, 0.717) is 11.3 Å². The molecule has 1 fully saturated rings. The van der Waals surface area contributed by atoms with Crippen LogP contribution in [-0.4, -0.2) is 70.7 Å². The van der Waals surface area contributed by atoms with Crippen molar-refractivity contribution in [2.45, 2.75) is 64.6 Å². The summed E-state index contributed by atoms with van der Waals surface area (Å²) in [5.41, 5.74) is -7.58. The number of pyridine rings is 1. The molecular formula is C33H34ClF4N5O6S. The Labute approximate surface area is 290 Å². The molecule has 0 aliphatic carbocycles. The van der Waals surface area contributed by atoms with Gasteiger partial charge in [-0.1, -0.05) is 49.7 Å². The second kappa shape index (κ2) is 13.4. The number of hydrogen-bond donors (Lipinski definition) is 0.